The highest BCUT2D eigenvalue weighted by atomic mass is 16.3. The summed E-state index contributed by atoms with van der Waals surface area (Å²) in [6.45, 7) is 0. The topological polar surface area (TPSA) is 51.8 Å². The maximum Gasteiger partial charge on any atom is 0.199 e. The van der Waals surface area contributed by atoms with Crippen LogP contribution in [-0.2, 0) is 0 Å². The molecule has 0 aliphatic carbocycles. The summed E-state index contributed by atoms with van der Waals surface area (Å²) in [5.41, 5.74) is 7.21. The van der Waals surface area contributed by atoms with E-state index >= 15 is 0 Å². The third-order valence-corrected chi connectivity index (χ3v) is 12.4. The van der Waals surface area contributed by atoms with Gasteiger partial charge in [0.05, 0.1) is 0 Å². The van der Waals surface area contributed by atoms with E-state index in [1.54, 1.807) is 0 Å². The van der Waals surface area contributed by atoms with E-state index in [2.05, 4.69) is 140 Å². The van der Waals surface area contributed by atoms with E-state index < -0.39 is 0 Å². The zero-order valence-electron chi connectivity index (χ0n) is 32.8. The number of fused-ring (bicyclic) bond motifs is 3. The fourth-order valence-corrected chi connectivity index (χ4v) is 9.56. The van der Waals surface area contributed by atoms with Gasteiger partial charge in [-0.1, -0.05) is 170 Å². The molecule has 4 heteroatoms. The lowest BCUT2D eigenvalue weighted by Gasteiger charge is -2.17. The monoisotopic (exact) mass is 775 g/mol. The van der Waals surface area contributed by atoms with Crippen molar-refractivity contribution in [3.8, 4) is 56.6 Å². The summed E-state index contributed by atoms with van der Waals surface area (Å²) in [5, 5.41) is 16.4. The summed E-state index contributed by atoms with van der Waals surface area (Å²) >= 11 is 0. The number of nitrogens with zero attached hydrogens (tertiary/aromatic N) is 3. The first-order valence-corrected chi connectivity index (χ1v) is 20.7. The number of benzene rings is 10. The smallest absolute Gasteiger partial charge is 0.199 e. The number of para-hydroxylation sites is 1. The van der Waals surface area contributed by atoms with Crippen LogP contribution in [0.2, 0.25) is 0 Å². The second-order valence-corrected chi connectivity index (χ2v) is 15.9. The second kappa shape index (κ2) is 13.2. The van der Waals surface area contributed by atoms with Crippen LogP contribution in [0.15, 0.2) is 205 Å². The van der Waals surface area contributed by atoms with E-state index in [1.807, 2.05) is 60.7 Å². The number of furan rings is 1. The Bertz CT molecular complexity index is 3830. The van der Waals surface area contributed by atoms with Gasteiger partial charge in [0.25, 0.3) is 0 Å². The molecule has 0 saturated carbocycles. The summed E-state index contributed by atoms with van der Waals surface area (Å²) in [6, 6.07) is 71.6. The minimum atomic E-state index is 0.499. The SMILES string of the molecule is c1ccc(-c2nc(-c3ccc(-c4cccc(-c5cc6ccc7cccc8c9cccc%10ccc%11cccc(c(c5)c6c78)c%11c%109)c4)cc3)nc(-c3cc4ccccc4o3)n2)cc1. The van der Waals surface area contributed by atoms with E-state index in [4.69, 9.17) is 19.4 Å². The molecule has 0 radical (unpaired) electrons. The summed E-state index contributed by atoms with van der Waals surface area (Å²) in [4.78, 5) is 14.8. The lowest BCUT2D eigenvalue weighted by Crippen LogP contribution is -1.99. The molecule has 11 aromatic carbocycles. The minimum Gasteiger partial charge on any atom is -0.453 e. The Kier molecular flexibility index (Phi) is 7.27. The number of aromatic nitrogens is 3. The number of hydrogen-bond acceptors (Lipinski definition) is 4. The molecule has 0 unspecified atom stereocenters. The van der Waals surface area contributed by atoms with Gasteiger partial charge in [-0.05, 0) is 117 Å². The van der Waals surface area contributed by atoms with Crippen molar-refractivity contribution < 1.29 is 4.42 Å². The van der Waals surface area contributed by atoms with Crippen molar-refractivity contribution >= 4 is 75.6 Å². The average molecular weight is 776 g/mol. The van der Waals surface area contributed by atoms with Crippen molar-refractivity contribution in [2.45, 2.75) is 0 Å². The molecule has 0 bridgehead atoms. The van der Waals surface area contributed by atoms with E-state index in [1.165, 1.54) is 75.8 Å². The first-order valence-electron chi connectivity index (χ1n) is 20.7. The molecule has 2 heterocycles. The molecule has 2 aromatic heterocycles. The van der Waals surface area contributed by atoms with Crippen LogP contribution in [-0.4, -0.2) is 15.0 Å². The summed E-state index contributed by atoms with van der Waals surface area (Å²) in [6.07, 6.45) is 0. The van der Waals surface area contributed by atoms with Crippen molar-refractivity contribution in [1.82, 2.24) is 15.0 Å². The van der Waals surface area contributed by atoms with Crippen LogP contribution in [0.25, 0.3) is 132 Å². The highest BCUT2D eigenvalue weighted by molar-refractivity contribution is 6.37. The Morgan fingerprint density at radius 2 is 0.738 bits per heavy atom. The first kappa shape index (κ1) is 33.7. The Morgan fingerprint density at radius 3 is 1.39 bits per heavy atom. The first-order chi connectivity index (χ1) is 30.2. The number of rotatable bonds is 5. The Balaban J connectivity index is 0.947. The summed E-state index contributed by atoms with van der Waals surface area (Å²) < 4.78 is 6.22. The van der Waals surface area contributed by atoms with Crippen LogP contribution in [0.3, 0.4) is 0 Å². The maximum atomic E-state index is 6.22. The van der Waals surface area contributed by atoms with Crippen LogP contribution in [0, 0.1) is 0 Å². The standard InChI is InChI=1S/C57H33N3O/c1-2-10-38(11-3-1)55-58-56(60-57(59-55)50-33-42-12-4-5-21-49(42)61-50)39-27-22-34(23-28-39)40-16-6-17-41(30-40)44-31-43-29-26-37-14-8-19-46-45-18-7-13-35-24-25-36-15-9-20-47(53(36)51(35)45)48(32-44)54(43)52(37)46/h1-33H. The van der Waals surface area contributed by atoms with Gasteiger partial charge in [-0.3, -0.25) is 0 Å². The molecule has 282 valence electrons. The molecular weight excluding hydrogens is 743 g/mol. The maximum absolute atomic E-state index is 6.22. The van der Waals surface area contributed by atoms with Gasteiger partial charge >= 0.3 is 0 Å². The molecular formula is C57H33N3O. The molecule has 0 saturated heterocycles. The quantitative estimate of drug-likeness (QED) is 0.163. The van der Waals surface area contributed by atoms with Crippen molar-refractivity contribution in [2.75, 3.05) is 0 Å². The summed E-state index contributed by atoms with van der Waals surface area (Å²) in [5.74, 6) is 2.29. The largest absolute Gasteiger partial charge is 0.453 e. The second-order valence-electron chi connectivity index (χ2n) is 15.9. The third-order valence-electron chi connectivity index (χ3n) is 12.4. The molecule has 61 heavy (non-hydrogen) atoms. The lowest BCUT2D eigenvalue weighted by molar-refractivity contribution is 0.625. The third kappa shape index (κ3) is 5.36. The molecule has 4 nitrogen and oxygen atoms in total. The van der Waals surface area contributed by atoms with Crippen molar-refractivity contribution in [3.05, 3.63) is 200 Å². The van der Waals surface area contributed by atoms with Crippen molar-refractivity contribution in [3.63, 3.8) is 0 Å². The molecule has 0 aliphatic heterocycles. The van der Waals surface area contributed by atoms with Crippen LogP contribution in [0.1, 0.15) is 0 Å². The Hall–Kier alpha value is -8.21. The molecule has 0 aliphatic rings. The van der Waals surface area contributed by atoms with Gasteiger partial charge in [-0.25, -0.2) is 15.0 Å². The summed E-state index contributed by atoms with van der Waals surface area (Å²) in [7, 11) is 0. The highest BCUT2D eigenvalue weighted by Gasteiger charge is 2.18. The van der Waals surface area contributed by atoms with Gasteiger partial charge in [0, 0.05) is 16.5 Å². The molecule has 0 fully saturated rings. The lowest BCUT2D eigenvalue weighted by atomic mass is 9.86. The van der Waals surface area contributed by atoms with E-state index in [0.717, 1.165) is 33.2 Å². The van der Waals surface area contributed by atoms with Crippen LogP contribution in [0.5, 0.6) is 0 Å². The van der Waals surface area contributed by atoms with E-state index in [9.17, 15) is 0 Å². The zero-order chi connectivity index (χ0) is 40.0. The molecule has 0 amide bonds. The van der Waals surface area contributed by atoms with Crippen LogP contribution >= 0.6 is 0 Å². The van der Waals surface area contributed by atoms with Crippen LogP contribution < -0.4 is 0 Å². The Morgan fingerprint density at radius 1 is 0.262 bits per heavy atom. The van der Waals surface area contributed by atoms with E-state index in [-0.39, 0.29) is 0 Å². The molecule has 0 spiro atoms. The highest BCUT2D eigenvalue weighted by Crippen LogP contribution is 2.44. The fraction of sp³-hybridized carbons (Fsp3) is 0. The van der Waals surface area contributed by atoms with Gasteiger partial charge in [0.2, 0.25) is 0 Å². The number of hydrogen-bond donors (Lipinski definition) is 0. The molecule has 13 aromatic rings. The zero-order valence-corrected chi connectivity index (χ0v) is 32.8. The van der Waals surface area contributed by atoms with Crippen LogP contribution in [0.4, 0.5) is 0 Å². The predicted molar refractivity (Wildman–Crippen MR) is 253 cm³/mol. The van der Waals surface area contributed by atoms with Crippen molar-refractivity contribution in [2.24, 2.45) is 0 Å². The van der Waals surface area contributed by atoms with Gasteiger partial charge in [-0.15, -0.1) is 0 Å². The Labute approximate surface area is 350 Å². The minimum absolute atomic E-state index is 0.499. The van der Waals surface area contributed by atoms with E-state index in [0.29, 0.717) is 23.2 Å². The average Bonchev–Trinajstić information content (AvgIpc) is 3.78. The fourth-order valence-electron chi connectivity index (χ4n) is 9.56. The molecule has 0 atom stereocenters. The normalized spacial score (nSPS) is 11.9. The van der Waals surface area contributed by atoms with Gasteiger partial charge < -0.3 is 4.42 Å². The van der Waals surface area contributed by atoms with Gasteiger partial charge in [0.15, 0.2) is 23.2 Å². The van der Waals surface area contributed by atoms with Gasteiger partial charge in [0.1, 0.15) is 5.58 Å². The molecule has 0 N–H and O–H groups in total. The predicted octanol–water partition coefficient (Wildman–Crippen LogP) is 15.3. The molecule has 13 rings (SSSR count). The van der Waals surface area contributed by atoms with Gasteiger partial charge in [-0.2, -0.15) is 0 Å². The van der Waals surface area contributed by atoms with Crippen molar-refractivity contribution in [1.29, 1.82) is 0 Å².